The number of ketones is 1. The third kappa shape index (κ3) is 2.55. The van der Waals surface area contributed by atoms with Crippen LogP contribution in [0, 0.1) is 5.92 Å². The van der Waals surface area contributed by atoms with Gasteiger partial charge in [0.25, 0.3) is 0 Å². The first kappa shape index (κ1) is 10.1. The maximum atomic E-state index is 11.5. The number of aryl methyl sites for hydroxylation is 1. The van der Waals surface area contributed by atoms with Gasteiger partial charge in [0, 0.05) is 25.0 Å². The minimum Gasteiger partial charge on any atom is -0.495 e. The number of nitrogens with zero attached hydrogens (tertiary/aromatic N) is 1. The smallest absolute Gasteiger partial charge is 0.140 e. The van der Waals surface area contributed by atoms with E-state index in [0.29, 0.717) is 24.5 Å². The van der Waals surface area contributed by atoms with Crippen LogP contribution in [0.5, 0.6) is 5.75 Å². The number of Topliss-reactive ketones (excluding diaryl/α,β-unsaturated/α-hetero) is 1. The van der Waals surface area contributed by atoms with E-state index in [0.717, 1.165) is 24.3 Å². The minimum absolute atomic E-state index is 0.347. The first-order valence-electron chi connectivity index (χ1n) is 5.32. The highest BCUT2D eigenvalue weighted by molar-refractivity contribution is 5.83. The Morgan fingerprint density at radius 3 is 3.07 bits per heavy atom. The maximum Gasteiger partial charge on any atom is 0.140 e. The molecule has 0 aromatic carbocycles. The van der Waals surface area contributed by atoms with Gasteiger partial charge in [-0.25, -0.2) is 0 Å². The van der Waals surface area contributed by atoms with E-state index in [9.17, 15) is 4.79 Å². The van der Waals surface area contributed by atoms with Crippen LogP contribution >= 0.6 is 0 Å². The molecule has 3 heteroatoms. The number of ether oxygens (including phenoxy) is 1. The van der Waals surface area contributed by atoms with Crippen LogP contribution in [-0.4, -0.2) is 17.9 Å². The molecule has 1 aliphatic rings. The van der Waals surface area contributed by atoms with E-state index in [1.807, 2.05) is 12.1 Å². The highest BCUT2D eigenvalue weighted by Crippen LogP contribution is 2.31. The minimum atomic E-state index is 0.347. The number of rotatable bonds is 5. The van der Waals surface area contributed by atoms with Gasteiger partial charge in [-0.15, -0.1) is 0 Å². The lowest BCUT2D eigenvalue weighted by Gasteiger charge is -2.05. The van der Waals surface area contributed by atoms with Gasteiger partial charge in [-0.2, -0.15) is 0 Å². The molecule has 0 spiro atoms. The van der Waals surface area contributed by atoms with Gasteiger partial charge in [0.1, 0.15) is 11.5 Å². The maximum absolute atomic E-state index is 11.5. The molecule has 15 heavy (non-hydrogen) atoms. The lowest BCUT2D eigenvalue weighted by molar-refractivity contribution is -0.120. The van der Waals surface area contributed by atoms with E-state index < -0.39 is 0 Å². The Morgan fingerprint density at radius 1 is 1.60 bits per heavy atom. The summed E-state index contributed by atoms with van der Waals surface area (Å²) >= 11 is 0. The first-order valence-corrected chi connectivity index (χ1v) is 5.32. The number of methoxy groups -OCH3 is 1. The summed E-state index contributed by atoms with van der Waals surface area (Å²) in [7, 11) is 1.63. The largest absolute Gasteiger partial charge is 0.495 e. The second kappa shape index (κ2) is 4.43. The van der Waals surface area contributed by atoms with E-state index in [4.69, 9.17) is 4.74 Å². The van der Waals surface area contributed by atoms with Crippen molar-refractivity contribution in [2.75, 3.05) is 7.11 Å². The molecule has 0 bridgehead atoms. The van der Waals surface area contributed by atoms with Crippen molar-refractivity contribution in [2.45, 2.75) is 25.7 Å². The number of aromatic nitrogens is 1. The fraction of sp³-hybridized carbons (Fsp3) is 0.500. The average molecular weight is 205 g/mol. The van der Waals surface area contributed by atoms with Crippen molar-refractivity contribution >= 4 is 5.78 Å². The normalized spacial score (nSPS) is 15.0. The number of hydrogen-bond acceptors (Lipinski definition) is 3. The van der Waals surface area contributed by atoms with Gasteiger partial charge in [-0.1, -0.05) is 0 Å². The fourth-order valence-electron chi connectivity index (χ4n) is 1.65. The van der Waals surface area contributed by atoms with Crippen molar-refractivity contribution in [1.82, 2.24) is 4.98 Å². The van der Waals surface area contributed by atoms with Crippen LogP contribution in [0.15, 0.2) is 18.3 Å². The molecule has 1 aromatic heterocycles. The van der Waals surface area contributed by atoms with E-state index >= 15 is 0 Å². The van der Waals surface area contributed by atoms with Crippen LogP contribution in [0.3, 0.4) is 0 Å². The lowest BCUT2D eigenvalue weighted by Crippen LogP contribution is -2.04. The van der Waals surface area contributed by atoms with Crippen molar-refractivity contribution in [3.8, 4) is 5.75 Å². The van der Waals surface area contributed by atoms with Crippen molar-refractivity contribution in [3.63, 3.8) is 0 Å². The monoisotopic (exact) mass is 205 g/mol. The van der Waals surface area contributed by atoms with E-state index in [1.54, 1.807) is 13.3 Å². The Morgan fingerprint density at radius 2 is 2.40 bits per heavy atom. The van der Waals surface area contributed by atoms with Crippen molar-refractivity contribution in [3.05, 3.63) is 24.0 Å². The van der Waals surface area contributed by atoms with Gasteiger partial charge in [-0.3, -0.25) is 9.78 Å². The predicted octanol–water partition coefficient (Wildman–Crippen LogP) is 2.00. The van der Waals surface area contributed by atoms with Gasteiger partial charge in [0.05, 0.1) is 12.8 Å². The van der Waals surface area contributed by atoms with Crippen LogP contribution in [0.25, 0.3) is 0 Å². The van der Waals surface area contributed by atoms with Crippen LogP contribution in [0.1, 0.15) is 25.0 Å². The summed E-state index contributed by atoms with van der Waals surface area (Å²) in [6.07, 6.45) is 5.19. The number of pyridine rings is 1. The standard InChI is InChI=1S/C12H15NO2/c1-15-12-3-2-8-13-10(12)6-7-11(14)9-4-5-9/h2-3,8-9H,4-7H2,1H3. The summed E-state index contributed by atoms with van der Waals surface area (Å²) in [5, 5.41) is 0. The van der Waals surface area contributed by atoms with Crippen LogP contribution in [0.4, 0.5) is 0 Å². The van der Waals surface area contributed by atoms with Crippen LogP contribution in [-0.2, 0) is 11.2 Å². The second-order valence-electron chi connectivity index (χ2n) is 3.89. The Labute approximate surface area is 89.5 Å². The summed E-state index contributed by atoms with van der Waals surface area (Å²) < 4.78 is 5.18. The SMILES string of the molecule is COc1cccnc1CCC(=O)C1CC1. The summed E-state index contributed by atoms with van der Waals surface area (Å²) in [6, 6.07) is 3.72. The molecule has 3 nitrogen and oxygen atoms in total. The average Bonchev–Trinajstić information content (AvgIpc) is 3.10. The number of carbonyl (C=O) groups is 1. The van der Waals surface area contributed by atoms with E-state index in [-0.39, 0.29) is 0 Å². The van der Waals surface area contributed by atoms with Gasteiger partial charge < -0.3 is 4.74 Å². The third-order valence-electron chi connectivity index (χ3n) is 2.71. The Balaban J connectivity index is 1.94. The van der Waals surface area contributed by atoms with E-state index in [2.05, 4.69) is 4.98 Å². The highest BCUT2D eigenvalue weighted by Gasteiger charge is 2.28. The molecule has 0 saturated heterocycles. The number of hydrogen-bond donors (Lipinski definition) is 0. The Kier molecular flexibility index (Phi) is 2.99. The molecule has 1 saturated carbocycles. The first-order chi connectivity index (χ1) is 7.31. The molecule has 0 amide bonds. The zero-order chi connectivity index (χ0) is 10.7. The van der Waals surface area contributed by atoms with Gasteiger partial charge in [0.15, 0.2) is 0 Å². The predicted molar refractivity (Wildman–Crippen MR) is 56.8 cm³/mol. The van der Waals surface area contributed by atoms with Crippen molar-refractivity contribution < 1.29 is 9.53 Å². The summed E-state index contributed by atoms with van der Waals surface area (Å²) in [5.74, 6) is 1.50. The summed E-state index contributed by atoms with van der Waals surface area (Å²) in [4.78, 5) is 15.7. The molecular weight excluding hydrogens is 190 g/mol. The zero-order valence-electron chi connectivity index (χ0n) is 8.90. The molecule has 80 valence electrons. The van der Waals surface area contributed by atoms with Gasteiger partial charge >= 0.3 is 0 Å². The molecule has 1 aromatic rings. The third-order valence-corrected chi connectivity index (χ3v) is 2.71. The quantitative estimate of drug-likeness (QED) is 0.738. The van der Waals surface area contributed by atoms with Crippen molar-refractivity contribution in [2.24, 2.45) is 5.92 Å². The summed E-state index contributed by atoms with van der Waals surface area (Å²) in [6.45, 7) is 0. The fourth-order valence-corrected chi connectivity index (χ4v) is 1.65. The van der Waals surface area contributed by atoms with E-state index in [1.165, 1.54) is 0 Å². The molecule has 1 fully saturated rings. The highest BCUT2D eigenvalue weighted by atomic mass is 16.5. The Hall–Kier alpha value is -1.38. The topological polar surface area (TPSA) is 39.2 Å². The van der Waals surface area contributed by atoms with Gasteiger partial charge in [0.2, 0.25) is 0 Å². The van der Waals surface area contributed by atoms with Crippen molar-refractivity contribution in [1.29, 1.82) is 0 Å². The number of carbonyl (C=O) groups excluding carboxylic acids is 1. The van der Waals surface area contributed by atoms with Crippen LogP contribution in [0.2, 0.25) is 0 Å². The molecule has 1 aliphatic carbocycles. The molecule has 0 unspecified atom stereocenters. The molecular formula is C12H15NO2. The van der Waals surface area contributed by atoms with Gasteiger partial charge in [-0.05, 0) is 25.0 Å². The molecule has 0 aliphatic heterocycles. The summed E-state index contributed by atoms with van der Waals surface area (Å²) in [5.41, 5.74) is 0.883. The molecule has 0 N–H and O–H groups in total. The van der Waals surface area contributed by atoms with Crippen LogP contribution < -0.4 is 4.74 Å². The molecule has 2 rings (SSSR count). The zero-order valence-corrected chi connectivity index (χ0v) is 8.90. The lowest BCUT2D eigenvalue weighted by atomic mass is 10.1. The molecule has 0 radical (unpaired) electrons. The molecule has 0 atom stereocenters. The Bertz CT molecular complexity index is 358. The molecule has 1 heterocycles. The second-order valence-corrected chi connectivity index (χ2v) is 3.89.